The molecule has 0 radical (unpaired) electrons. The molecule has 2 aromatic heterocycles. The highest BCUT2D eigenvalue weighted by atomic mass is 32.1. The topological polar surface area (TPSA) is 80.7 Å². The zero-order chi connectivity index (χ0) is 28.3. The van der Waals surface area contributed by atoms with Gasteiger partial charge in [0, 0.05) is 36.6 Å². The van der Waals surface area contributed by atoms with Crippen LogP contribution in [0.4, 0.5) is 11.4 Å². The van der Waals surface area contributed by atoms with Gasteiger partial charge in [0.1, 0.15) is 18.4 Å². The molecule has 0 aliphatic carbocycles. The standard InChI is InChI=1S/C32H29N5O3S/c1-39-20-29(38)34-26-19-24(14-15-28(26)40-2)37-31(30(35-32(37)41)25-10-5-6-16-33-25)27-11-7-17-36(27)23-13-12-21-8-3-4-9-22(21)18-23/h3-19,30-31H,20H2,1-2H3,(H,34,38)(H,35,41)/t30-,31+/m0/s1. The maximum absolute atomic E-state index is 12.4. The van der Waals surface area contributed by atoms with Crippen molar-refractivity contribution in [2.75, 3.05) is 31.0 Å². The van der Waals surface area contributed by atoms with E-state index in [2.05, 4.69) is 67.7 Å². The van der Waals surface area contributed by atoms with Crippen LogP contribution in [0.2, 0.25) is 0 Å². The third-order valence-electron chi connectivity index (χ3n) is 7.20. The molecule has 41 heavy (non-hydrogen) atoms. The molecule has 9 heteroatoms. The first kappa shape index (κ1) is 26.5. The van der Waals surface area contributed by atoms with Crippen LogP contribution in [0.5, 0.6) is 5.75 Å². The number of rotatable bonds is 8. The second kappa shape index (κ2) is 11.4. The number of methoxy groups -OCH3 is 2. The Balaban J connectivity index is 1.47. The number of amides is 1. The number of anilines is 2. The first-order valence-electron chi connectivity index (χ1n) is 13.2. The molecule has 3 heterocycles. The van der Waals surface area contributed by atoms with Crippen LogP contribution < -0.4 is 20.3 Å². The highest BCUT2D eigenvalue weighted by Crippen LogP contribution is 2.44. The summed E-state index contributed by atoms with van der Waals surface area (Å²) in [5.74, 6) is 0.256. The van der Waals surface area contributed by atoms with E-state index in [4.69, 9.17) is 21.7 Å². The molecule has 0 saturated carbocycles. The first-order chi connectivity index (χ1) is 20.1. The van der Waals surface area contributed by atoms with Gasteiger partial charge in [-0.2, -0.15) is 0 Å². The van der Waals surface area contributed by atoms with E-state index >= 15 is 0 Å². The maximum atomic E-state index is 12.4. The lowest BCUT2D eigenvalue weighted by Gasteiger charge is -2.29. The fourth-order valence-corrected chi connectivity index (χ4v) is 5.74. The Bertz CT molecular complexity index is 1720. The number of carbonyl (C=O) groups is 1. The van der Waals surface area contributed by atoms with Crippen LogP contribution in [0.15, 0.2) is 103 Å². The number of nitrogens with zero attached hydrogens (tertiary/aromatic N) is 3. The monoisotopic (exact) mass is 563 g/mol. The van der Waals surface area contributed by atoms with Crippen LogP contribution in [0.3, 0.4) is 0 Å². The molecule has 2 N–H and O–H groups in total. The molecule has 206 valence electrons. The van der Waals surface area contributed by atoms with Crippen molar-refractivity contribution in [2.45, 2.75) is 12.1 Å². The molecule has 1 fully saturated rings. The lowest BCUT2D eigenvalue weighted by Crippen LogP contribution is -2.30. The maximum Gasteiger partial charge on any atom is 0.250 e. The molecule has 5 aromatic rings. The number of hydrogen-bond donors (Lipinski definition) is 2. The van der Waals surface area contributed by atoms with Crippen LogP contribution in [0, 0.1) is 0 Å². The smallest absolute Gasteiger partial charge is 0.250 e. The number of thiocarbonyl (C=S) groups is 1. The van der Waals surface area contributed by atoms with E-state index in [0.717, 1.165) is 28.1 Å². The highest BCUT2D eigenvalue weighted by Gasteiger charge is 2.42. The van der Waals surface area contributed by atoms with E-state index in [0.29, 0.717) is 16.5 Å². The van der Waals surface area contributed by atoms with Gasteiger partial charge in [-0.25, -0.2) is 0 Å². The average Bonchev–Trinajstić information content (AvgIpc) is 3.62. The van der Waals surface area contributed by atoms with Crippen molar-refractivity contribution in [3.8, 4) is 11.4 Å². The molecule has 1 aliphatic rings. The minimum absolute atomic E-state index is 0.0687. The molecule has 0 bridgehead atoms. The molecular formula is C32H29N5O3S. The summed E-state index contributed by atoms with van der Waals surface area (Å²) < 4.78 is 12.7. The number of benzene rings is 3. The largest absolute Gasteiger partial charge is 0.495 e. The molecule has 0 unspecified atom stereocenters. The minimum Gasteiger partial charge on any atom is -0.495 e. The lowest BCUT2D eigenvalue weighted by molar-refractivity contribution is -0.119. The van der Waals surface area contributed by atoms with Gasteiger partial charge in [-0.15, -0.1) is 0 Å². The van der Waals surface area contributed by atoms with Gasteiger partial charge >= 0.3 is 0 Å². The van der Waals surface area contributed by atoms with Gasteiger partial charge in [-0.3, -0.25) is 9.78 Å². The Morgan fingerprint density at radius 3 is 2.54 bits per heavy atom. The van der Waals surface area contributed by atoms with Crippen molar-refractivity contribution >= 4 is 45.4 Å². The van der Waals surface area contributed by atoms with E-state index in [1.807, 2.05) is 54.6 Å². The normalized spacial score (nSPS) is 16.5. The van der Waals surface area contributed by atoms with Gasteiger partial charge in [0.15, 0.2) is 5.11 Å². The Morgan fingerprint density at radius 2 is 1.76 bits per heavy atom. The van der Waals surface area contributed by atoms with Crippen molar-refractivity contribution in [1.82, 2.24) is 14.9 Å². The van der Waals surface area contributed by atoms with Crippen molar-refractivity contribution in [3.63, 3.8) is 0 Å². The van der Waals surface area contributed by atoms with E-state index < -0.39 is 0 Å². The van der Waals surface area contributed by atoms with E-state index in [1.54, 1.807) is 13.3 Å². The Labute approximate surface area is 243 Å². The quantitative estimate of drug-likeness (QED) is 0.231. The number of nitrogens with one attached hydrogen (secondary N) is 2. The highest BCUT2D eigenvalue weighted by molar-refractivity contribution is 7.80. The molecular weight excluding hydrogens is 534 g/mol. The van der Waals surface area contributed by atoms with Crippen molar-refractivity contribution in [2.24, 2.45) is 0 Å². The first-order valence-corrected chi connectivity index (χ1v) is 13.6. The fraction of sp³-hybridized carbons (Fsp3) is 0.156. The van der Waals surface area contributed by atoms with Crippen LogP contribution in [0.25, 0.3) is 16.5 Å². The van der Waals surface area contributed by atoms with Gasteiger partial charge in [0.05, 0.1) is 24.5 Å². The molecule has 8 nitrogen and oxygen atoms in total. The van der Waals surface area contributed by atoms with Gasteiger partial charge < -0.3 is 29.6 Å². The van der Waals surface area contributed by atoms with Crippen molar-refractivity contribution < 1.29 is 14.3 Å². The summed E-state index contributed by atoms with van der Waals surface area (Å²) in [5.41, 5.74) is 4.27. The average molecular weight is 564 g/mol. The molecule has 1 aliphatic heterocycles. The minimum atomic E-state index is -0.279. The van der Waals surface area contributed by atoms with Gasteiger partial charge in [-0.1, -0.05) is 36.4 Å². The molecule has 1 amide bonds. The number of pyridine rings is 1. The number of ether oxygens (including phenoxy) is 2. The zero-order valence-electron chi connectivity index (χ0n) is 22.7. The predicted octanol–water partition coefficient (Wildman–Crippen LogP) is 5.80. The summed E-state index contributed by atoms with van der Waals surface area (Å²) in [5, 5.41) is 9.31. The summed E-state index contributed by atoms with van der Waals surface area (Å²) in [6.45, 7) is -0.0687. The Hall–Kier alpha value is -4.73. The second-order valence-electron chi connectivity index (χ2n) is 9.70. The fourth-order valence-electron chi connectivity index (χ4n) is 5.39. The molecule has 0 spiro atoms. The number of aromatic nitrogens is 2. The summed E-state index contributed by atoms with van der Waals surface area (Å²) >= 11 is 5.95. The van der Waals surface area contributed by atoms with Crippen LogP contribution in [-0.2, 0) is 9.53 Å². The SMILES string of the molecule is COCC(=O)Nc1cc(N2C(=S)N[C@@H](c3ccccn3)[C@H]2c2cccn2-c2ccc3ccccc3c2)ccc1OC. The van der Waals surface area contributed by atoms with Crippen LogP contribution >= 0.6 is 12.2 Å². The summed E-state index contributed by atoms with van der Waals surface area (Å²) in [7, 11) is 3.05. The summed E-state index contributed by atoms with van der Waals surface area (Å²) in [4.78, 5) is 19.2. The van der Waals surface area contributed by atoms with E-state index in [1.165, 1.54) is 12.5 Å². The van der Waals surface area contributed by atoms with Gasteiger partial charge in [0.2, 0.25) is 5.91 Å². The predicted molar refractivity (Wildman–Crippen MR) is 165 cm³/mol. The summed E-state index contributed by atoms with van der Waals surface area (Å²) in [6.07, 6.45) is 3.86. The number of hydrogen-bond acceptors (Lipinski definition) is 5. The van der Waals surface area contributed by atoms with Crippen LogP contribution in [0.1, 0.15) is 23.5 Å². The molecule has 3 aromatic carbocycles. The zero-order valence-corrected chi connectivity index (χ0v) is 23.5. The lowest BCUT2D eigenvalue weighted by atomic mass is 10.0. The molecule has 6 rings (SSSR count). The third-order valence-corrected chi connectivity index (χ3v) is 7.52. The van der Waals surface area contributed by atoms with E-state index in [9.17, 15) is 4.79 Å². The number of fused-ring (bicyclic) bond motifs is 1. The summed E-state index contributed by atoms with van der Waals surface area (Å²) in [6, 6.07) is 30.0. The number of carbonyl (C=O) groups excluding carboxylic acids is 1. The second-order valence-corrected chi connectivity index (χ2v) is 10.1. The van der Waals surface area contributed by atoms with Crippen molar-refractivity contribution in [3.05, 3.63) is 115 Å². The molecule has 2 atom stereocenters. The van der Waals surface area contributed by atoms with Crippen molar-refractivity contribution in [1.29, 1.82) is 0 Å². The third kappa shape index (κ3) is 5.13. The van der Waals surface area contributed by atoms with Crippen LogP contribution in [-0.4, -0.2) is 41.4 Å². The van der Waals surface area contributed by atoms with Gasteiger partial charge in [-0.05, 0) is 77.6 Å². The Kier molecular flexibility index (Phi) is 7.37. The molecule has 1 saturated heterocycles. The van der Waals surface area contributed by atoms with E-state index in [-0.39, 0.29) is 24.6 Å². The Morgan fingerprint density at radius 1 is 0.951 bits per heavy atom. The van der Waals surface area contributed by atoms with Gasteiger partial charge in [0.25, 0.3) is 0 Å².